The molecule has 3 heterocycles. The number of hydrogen-bond acceptors (Lipinski definition) is 4. The smallest absolute Gasteiger partial charge is 0.256 e. The molecule has 0 atom stereocenters. The minimum Gasteiger partial charge on any atom is -0.467 e. The fourth-order valence-electron chi connectivity index (χ4n) is 3.06. The predicted octanol–water partition coefficient (Wildman–Crippen LogP) is 3.92. The number of benzene rings is 1. The van der Waals surface area contributed by atoms with Gasteiger partial charge in [0.15, 0.2) is 0 Å². The summed E-state index contributed by atoms with van der Waals surface area (Å²) < 4.78 is 7.19. The van der Waals surface area contributed by atoms with Crippen LogP contribution in [-0.2, 0) is 20.1 Å². The van der Waals surface area contributed by atoms with E-state index in [4.69, 9.17) is 4.42 Å². The summed E-state index contributed by atoms with van der Waals surface area (Å²) in [5.41, 5.74) is 3.37. The molecule has 0 aliphatic heterocycles. The van der Waals surface area contributed by atoms with Crippen molar-refractivity contribution < 1.29 is 9.21 Å². The molecule has 3 aromatic heterocycles. The average Bonchev–Trinajstić information content (AvgIpc) is 3.39. The standard InChI is InChI=1S/C22H20N4O2/c1-25-15-20(13-24-25)18-10-19(12-23-11-18)22(27)26(16-21-8-5-9-28-21)14-17-6-3-2-4-7-17/h2-13,15H,14,16H2,1H3. The normalized spacial score (nSPS) is 10.8. The molecule has 0 saturated carbocycles. The molecule has 1 aromatic carbocycles. The van der Waals surface area contributed by atoms with E-state index in [9.17, 15) is 4.79 Å². The number of carbonyl (C=O) groups excluding carboxylic acids is 1. The van der Waals surface area contributed by atoms with Crippen LogP contribution in [-0.4, -0.2) is 25.6 Å². The molecule has 0 saturated heterocycles. The largest absolute Gasteiger partial charge is 0.467 e. The highest BCUT2D eigenvalue weighted by Crippen LogP contribution is 2.20. The quantitative estimate of drug-likeness (QED) is 0.515. The topological polar surface area (TPSA) is 64.2 Å². The van der Waals surface area contributed by atoms with Gasteiger partial charge in [0, 0.05) is 43.3 Å². The molecule has 6 heteroatoms. The van der Waals surface area contributed by atoms with Gasteiger partial charge < -0.3 is 9.32 Å². The maximum absolute atomic E-state index is 13.3. The summed E-state index contributed by atoms with van der Waals surface area (Å²) in [6, 6.07) is 15.5. The van der Waals surface area contributed by atoms with E-state index in [1.54, 1.807) is 34.4 Å². The fraction of sp³-hybridized carbons (Fsp3) is 0.136. The number of carbonyl (C=O) groups is 1. The van der Waals surface area contributed by atoms with Crippen LogP contribution in [0.2, 0.25) is 0 Å². The van der Waals surface area contributed by atoms with Crippen molar-refractivity contribution in [3.8, 4) is 11.1 Å². The van der Waals surface area contributed by atoms with Crippen LogP contribution in [0.4, 0.5) is 0 Å². The van der Waals surface area contributed by atoms with Gasteiger partial charge in [-0.3, -0.25) is 14.5 Å². The van der Waals surface area contributed by atoms with E-state index in [0.29, 0.717) is 18.7 Å². The lowest BCUT2D eigenvalue weighted by molar-refractivity contribution is 0.0717. The Kier molecular flexibility index (Phi) is 5.01. The summed E-state index contributed by atoms with van der Waals surface area (Å²) in [4.78, 5) is 19.3. The van der Waals surface area contributed by atoms with Gasteiger partial charge in [0.2, 0.25) is 0 Å². The minimum absolute atomic E-state index is 0.0986. The molecule has 1 amide bonds. The first-order valence-electron chi connectivity index (χ1n) is 8.99. The Labute approximate surface area is 163 Å². The molecule has 0 N–H and O–H groups in total. The molecule has 140 valence electrons. The van der Waals surface area contributed by atoms with Crippen molar-refractivity contribution >= 4 is 5.91 Å². The number of aryl methyl sites for hydroxylation is 1. The molecule has 0 spiro atoms. The van der Waals surface area contributed by atoms with Gasteiger partial charge in [0.1, 0.15) is 5.76 Å². The maximum atomic E-state index is 13.3. The molecule has 0 fully saturated rings. The highest BCUT2D eigenvalue weighted by Gasteiger charge is 2.19. The van der Waals surface area contributed by atoms with Gasteiger partial charge in [-0.15, -0.1) is 0 Å². The SMILES string of the molecule is Cn1cc(-c2cncc(C(=O)N(Cc3ccccc3)Cc3ccco3)c2)cn1. The van der Waals surface area contributed by atoms with Gasteiger partial charge in [0.05, 0.1) is 24.6 Å². The number of rotatable bonds is 6. The Bertz CT molecular complexity index is 1060. The van der Waals surface area contributed by atoms with E-state index in [1.165, 1.54) is 0 Å². The third kappa shape index (κ3) is 4.01. The van der Waals surface area contributed by atoms with Crippen LogP contribution in [0.15, 0.2) is 84.0 Å². The Morgan fingerprint density at radius 2 is 1.89 bits per heavy atom. The van der Waals surface area contributed by atoms with Crippen molar-refractivity contribution in [1.29, 1.82) is 0 Å². The van der Waals surface area contributed by atoms with E-state index in [2.05, 4.69) is 10.1 Å². The zero-order valence-corrected chi connectivity index (χ0v) is 15.5. The summed E-state index contributed by atoms with van der Waals surface area (Å²) in [7, 11) is 1.86. The number of furan rings is 1. The molecular weight excluding hydrogens is 352 g/mol. The lowest BCUT2D eigenvalue weighted by atomic mass is 10.1. The second-order valence-electron chi connectivity index (χ2n) is 6.59. The summed E-state index contributed by atoms with van der Waals surface area (Å²) >= 11 is 0. The van der Waals surface area contributed by atoms with Crippen LogP contribution >= 0.6 is 0 Å². The Balaban J connectivity index is 1.62. The molecule has 0 aliphatic rings. The Morgan fingerprint density at radius 1 is 1.04 bits per heavy atom. The zero-order chi connectivity index (χ0) is 19.3. The van der Waals surface area contributed by atoms with Crippen molar-refractivity contribution in [3.63, 3.8) is 0 Å². The van der Waals surface area contributed by atoms with Gasteiger partial charge in [-0.25, -0.2) is 0 Å². The molecule has 0 aliphatic carbocycles. The Hall–Kier alpha value is -3.67. The summed E-state index contributed by atoms with van der Waals surface area (Å²) in [5.74, 6) is 0.638. The van der Waals surface area contributed by atoms with Crippen LogP contribution < -0.4 is 0 Å². The van der Waals surface area contributed by atoms with Gasteiger partial charge in [0.25, 0.3) is 5.91 Å². The first-order chi connectivity index (χ1) is 13.7. The average molecular weight is 372 g/mol. The fourth-order valence-corrected chi connectivity index (χ4v) is 3.06. The molecule has 0 radical (unpaired) electrons. The van der Waals surface area contributed by atoms with Gasteiger partial charge in [-0.1, -0.05) is 30.3 Å². The molecule has 0 unspecified atom stereocenters. The summed E-state index contributed by atoms with van der Waals surface area (Å²) in [5, 5.41) is 4.19. The molecule has 6 nitrogen and oxygen atoms in total. The van der Waals surface area contributed by atoms with Gasteiger partial charge in [-0.05, 0) is 23.8 Å². The van der Waals surface area contributed by atoms with E-state index in [-0.39, 0.29) is 5.91 Å². The number of aromatic nitrogens is 3. The maximum Gasteiger partial charge on any atom is 0.256 e. The second kappa shape index (κ2) is 7.92. The molecular formula is C22H20N4O2. The third-order valence-corrected chi connectivity index (χ3v) is 4.45. The zero-order valence-electron chi connectivity index (χ0n) is 15.5. The molecule has 28 heavy (non-hydrogen) atoms. The predicted molar refractivity (Wildman–Crippen MR) is 105 cm³/mol. The highest BCUT2D eigenvalue weighted by atomic mass is 16.3. The first-order valence-corrected chi connectivity index (χ1v) is 8.99. The van der Waals surface area contributed by atoms with E-state index >= 15 is 0 Å². The monoisotopic (exact) mass is 372 g/mol. The van der Waals surface area contributed by atoms with Crippen molar-refractivity contribution in [2.45, 2.75) is 13.1 Å². The summed E-state index contributed by atoms with van der Waals surface area (Å²) in [6.45, 7) is 0.870. The lowest BCUT2D eigenvalue weighted by Crippen LogP contribution is -2.30. The van der Waals surface area contributed by atoms with Crippen LogP contribution in [0.3, 0.4) is 0 Å². The van der Waals surface area contributed by atoms with Crippen molar-refractivity contribution in [1.82, 2.24) is 19.7 Å². The second-order valence-corrected chi connectivity index (χ2v) is 6.59. The Morgan fingerprint density at radius 3 is 2.61 bits per heavy atom. The van der Waals surface area contributed by atoms with Crippen molar-refractivity contribution in [2.75, 3.05) is 0 Å². The number of hydrogen-bond donors (Lipinski definition) is 0. The molecule has 0 bridgehead atoms. The molecule has 4 rings (SSSR count). The first kappa shape index (κ1) is 17.7. The van der Waals surface area contributed by atoms with Gasteiger partial charge >= 0.3 is 0 Å². The van der Waals surface area contributed by atoms with Crippen LogP contribution in [0, 0.1) is 0 Å². The number of nitrogens with zero attached hydrogens (tertiary/aromatic N) is 4. The van der Waals surface area contributed by atoms with Crippen LogP contribution in [0.25, 0.3) is 11.1 Å². The summed E-state index contributed by atoms with van der Waals surface area (Å²) in [6.07, 6.45) is 8.61. The van der Waals surface area contributed by atoms with E-state index < -0.39 is 0 Å². The number of pyridine rings is 1. The lowest BCUT2D eigenvalue weighted by Gasteiger charge is -2.22. The third-order valence-electron chi connectivity index (χ3n) is 4.45. The number of amides is 1. The van der Waals surface area contributed by atoms with Crippen molar-refractivity contribution in [3.05, 3.63) is 96.5 Å². The van der Waals surface area contributed by atoms with Crippen LogP contribution in [0.5, 0.6) is 0 Å². The van der Waals surface area contributed by atoms with Gasteiger partial charge in [-0.2, -0.15) is 5.10 Å². The highest BCUT2D eigenvalue weighted by molar-refractivity contribution is 5.95. The van der Waals surface area contributed by atoms with E-state index in [0.717, 1.165) is 22.5 Å². The van der Waals surface area contributed by atoms with Crippen molar-refractivity contribution in [2.24, 2.45) is 7.05 Å². The van der Waals surface area contributed by atoms with Crippen LogP contribution in [0.1, 0.15) is 21.7 Å². The molecule has 4 aromatic rings. The van der Waals surface area contributed by atoms with E-state index in [1.807, 2.05) is 61.8 Å². The minimum atomic E-state index is -0.0986.